The highest BCUT2D eigenvalue weighted by atomic mass is 15.2. The zero-order valence-electron chi connectivity index (χ0n) is 40.8. The Balaban J connectivity index is 0.921. The number of anilines is 6. The lowest BCUT2D eigenvalue weighted by molar-refractivity contribution is 0.869. The van der Waals surface area contributed by atoms with E-state index in [4.69, 9.17) is 0 Å². The summed E-state index contributed by atoms with van der Waals surface area (Å²) < 4.78 is 7.39. The fourth-order valence-corrected chi connectivity index (χ4v) is 11.6. The number of para-hydroxylation sites is 4. The van der Waals surface area contributed by atoms with Crippen LogP contribution < -0.4 is 9.80 Å². The first-order valence-electron chi connectivity index (χ1n) is 25.6. The molecule has 352 valence electrons. The number of fused-ring (bicyclic) bond motifs is 9. The Morgan fingerprint density at radius 1 is 0.203 bits per heavy atom. The van der Waals surface area contributed by atoms with Crippen LogP contribution in [0.25, 0.3) is 65.4 Å². The molecule has 3 aromatic heterocycles. The van der Waals surface area contributed by atoms with E-state index in [9.17, 15) is 0 Å². The van der Waals surface area contributed by atoms with Crippen molar-refractivity contribution in [3.8, 4) is 0 Å². The van der Waals surface area contributed by atoms with Crippen LogP contribution in [0.1, 0.15) is 16.7 Å². The van der Waals surface area contributed by atoms with E-state index in [1.165, 1.54) is 82.1 Å². The molecule has 0 bridgehead atoms. The predicted octanol–water partition coefficient (Wildman–Crippen LogP) is 18.1. The molecule has 0 aliphatic carbocycles. The summed E-state index contributed by atoms with van der Waals surface area (Å²) in [7, 11) is 0. The predicted molar refractivity (Wildman–Crippen MR) is 311 cm³/mol. The summed E-state index contributed by atoms with van der Waals surface area (Å²) in [5.74, 6) is 0. The third kappa shape index (κ3) is 7.57. The summed E-state index contributed by atoms with van der Waals surface area (Å²) in [4.78, 5) is 4.83. The molecule has 0 atom stereocenters. The molecule has 0 spiro atoms. The van der Waals surface area contributed by atoms with E-state index < -0.39 is 0 Å². The molecule has 3 heterocycles. The smallest absolute Gasteiger partial charge is 0.0496 e. The number of rotatable bonds is 12. The van der Waals surface area contributed by atoms with Gasteiger partial charge in [-0.25, -0.2) is 0 Å². The molecule has 14 rings (SSSR count). The molecule has 0 saturated carbocycles. The van der Waals surface area contributed by atoms with Gasteiger partial charge in [-0.3, -0.25) is 0 Å². The third-order valence-electron chi connectivity index (χ3n) is 15.0. The van der Waals surface area contributed by atoms with Gasteiger partial charge in [0.05, 0.1) is 0 Å². The second kappa shape index (κ2) is 18.2. The minimum Gasteiger partial charge on any atom is -0.336 e. The van der Waals surface area contributed by atoms with Crippen molar-refractivity contribution in [2.75, 3.05) is 9.80 Å². The van der Waals surface area contributed by atoms with E-state index in [0.29, 0.717) is 0 Å². The quantitative estimate of drug-likeness (QED) is 0.122. The van der Waals surface area contributed by atoms with Gasteiger partial charge in [0.25, 0.3) is 0 Å². The van der Waals surface area contributed by atoms with Crippen LogP contribution in [-0.2, 0) is 19.6 Å². The monoisotopic (exact) mass is 949 g/mol. The van der Waals surface area contributed by atoms with Gasteiger partial charge in [0.2, 0.25) is 0 Å². The van der Waals surface area contributed by atoms with Crippen molar-refractivity contribution < 1.29 is 0 Å². The molecule has 0 saturated heterocycles. The molecule has 14 aromatic rings. The van der Waals surface area contributed by atoms with Crippen LogP contribution in [0.3, 0.4) is 0 Å². The zero-order valence-corrected chi connectivity index (χ0v) is 40.8. The molecule has 0 radical (unpaired) electrons. The van der Waals surface area contributed by atoms with Crippen molar-refractivity contribution in [1.82, 2.24) is 13.7 Å². The number of nitrogens with zero attached hydrogens (tertiary/aromatic N) is 5. The number of hydrogen-bond acceptors (Lipinski definition) is 2. The standard InChI is InChI=1S/C69H51N5/c1-5-19-49(20-6-1)46-70-64-30-16-13-27-58(64)61-43-55(37-40-67(61)70)73(52-25-11-4-12-26-52)53-33-35-54(36-34-53)74(56-38-41-68-62(44-56)59-28-14-17-31-65(59)71(68)47-50-21-7-2-8-22-50)57-39-42-69-63(45-57)60-29-15-18-32-66(60)72(69)48-51-23-9-3-10-24-51/h1-45H,46-48H2. The van der Waals surface area contributed by atoms with Gasteiger partial charge in [-0.1, -0.05) is 164 Å². The largest absolute Gasteiger partial charge is 0.336 e. The van der Waals surface area contributed by atoms with Gasteiger partial charge in [0.15, 0.2) is 0 Å². The first kappa shape index (κ1) is 43.2. The molecule has 11 aromatic carbocycles. The molecular weight excluding hydrogens is 899 g/mol. The molecule has 5 heteroatoms. The van der Waals surface area contributed by atoms with Crippen molar-refractivity contribution in [3.63, 3.8) is 0 Å². The Morgan fingerprint density at radius 3 is 0.784 bits per heavy atom. The molecule has 74 heavy (non-hydrogen) atoms. The average molecular weight is 950 g/mol. The van der Waals surface area contributed by atoms with Crippen LogP contribution in [0.2, 0.25) is 0 Å². The maximum atomic E-state index is 2.47. The maximum absolute atomic E-state index is 2.47. The van der Waals surface area contributed by atoms with Crippen molar-refractivity contribution in [3.05, 3.63) is 290 Å². The molecule has 0 fully saturated rings. The van der Waals surface area contributed by atoms with Crippen molar-refractivity contribution >= 4 is 99.5 Å². The van der Waals surface area contributed by atoms with Crippen LogP contribution in [0.4, 0.5) is 34.1 Å². The molecular formula is C69H51N5. The highest BCUT2D eigenvalue weighted by molar-refractivity contribution is 6.12. The van der Waals surface area contributed by atoms with Gasteiger partial charge in [0.1, 0.15) is 0 Å². The number of aromatic nitrogens is 3. The highest BCUT2D eigenvalue weighted by Crippen LogP contribution is 2.44. The Labute approximate surface area is 430 Å². The van der Waals surface area contributed by atoms with Gasteiger partial charge in [-0.15, -0.1) is 0 Å². The van der Waals surface area contributed by atoms with Crippen LogP contribution >= 0.6 is 0 Å². The fourth-order valence-electron chi connectivity index (χ4n) is 11.6. The van der Waals surface area contributed by atoms with Crippen LogP contribution in [0.15, 0.2) is 273 Å². The minimum atomic E-state index is 0.791. The van der Waals surface area contributed by atoms with Gasteiger partial charge < -0.3 is 23.5 Å². The molecule has 0 N–H and O–H groups in total. The summed E-state index contributed by atoms with van der Waals surface area (Å²) >= 11 is 0. The summed E-state index contributed by atoms with van der Waals surface area (Å²) in [6.07, 6.45) is 0. The Hall–Kier alpha value is -9.58. The van der Waals surface area contributed by atoms with Gasteiger partial charge in [-0.05, 0) is 126 Å². The lowest BCUT2D eigenvalue weighted by Gasteiger charge is -2.28. The number of hydrogen-bond donors (Lipinski definition) is 0. The zero-order chi connectivity index (χ0) is 49.0. The van der Waals surface area contributed by atoms with Crippen molar-refractivity contribution in [2.45, 2.75) is 19.6 Å². The fraction of sp³-hybridized carbons (Fsp3) is 0.0435. The second-order valence-corrected chi connectivity index (χ2v) is 19.4. The van der Waals surface area contributed by atoms with E-state index in [1.54, 1.807) is 0 Å². The van der Waals surface area contributed by atoms with E-state index in [0.717, 1.165) is 53.8 Å². The van der Waals surface area contributed by atoms with Crippen molar-refractivity contribution in [2.24, 2.45) is 0 Å². The van der Waals surface area contributed by atoms with E-state index in [2.05, 4.69) is 296 Å². The lowest BCUT2D eigenvalue weighted by atomic mass is 10.1. The number of benzene rings is 11. The van der Waals surface area contributed by atoms with E-state index in [-0.39, 0.29) is 0 Å². The SMILES string of the molecule is c1ccc(Cn2c3ccccc3c3cc(N(c4ccccc4)c4ccc(N(c5ccc6c(c5)c5ccccc5n6Cc5ccccc5)c5ccc6c(c5)c5ccccc5n6Cc5ccccc5)cc4)ccc32)cc1. The molecule has 0 amide bonds. The maximum Gasteiger partial charge on any atom is 0.0496 e. The Morgan fingerprint density at radius 2 is 0.446 bits per heavy atom. The summed E-state index contributed by atoms with van der Waals surface area (Å²) in [6.45, 7) is 2.38. The summed E-state index contributed by atoms with van der Waals surface area (Å²) in [5, 5.41) is 7.43. The van der Waals surface area contributed by atoms with Crippen molar-refractivity contribution in [1.29, 1.82) is 0 Å². The lowest BCUT2D eigenvalue weighted by Crippen LogP contribution is -2.12. The summed E-state index contributed by atoms with van der Waals surface area (Å²) in [5.41, 5.74) is 17.7. The minimum absolute atomic E-state index is 0.791. The Kier molecular flexibility index (Phi) is 10.7. The van der Waals surface area contributed by atoms with Gasteiger partial charge >= 0.3 is 0 Å². The Bertz CT molecular complexity index is 4160. The topological polar surface area (TPSA) is 21.3 Å². The molecule has 0 aliphatic rings. The molecule has 5 nitrogen and oxygen atoms in total. The normalized spacial score (nSPS) is 11.7. The third-order valence-corrected chi connectivity index (χ3v) is 15.0. The van der Waals surface area contributed by atoms with Gasteiger partial charge in [-0.2, -0.15) is 0 Å². The molecule has 0 unspecified atom stereocenters. The van der Waals surface area contributed by atoms with Gasteiger partial charge in [0, 0.05) is 119 Å². The van der Waals surface area contributed by atoms with Crippen LogP contribution in [0.5, 0.6) is 0 Å². The first-order chi connectivity index (χ1) is 36.7. The second-order valence-electron chi connectivity index (χ2n) is 19.4. The first-order valence-corrected chi connectivity index (χ1v) is 25.6. The van der Waals surface area contributed by atoms with Crippen LogP contribution in [0, 0.1) is 0 Å². The van der Waals surface area contributed by atoms with Crippen LogP contribution in [-0.4, -0.2) is 13.7 Å². The van der Waals surface area contributed by atoms with E-state index >= 15 is 0 Å². The highest BCUT2D eigenvalue weighted by Gasteiger charge is 2.22. The molecule has 0 aliphatic heterocycles. The van der Waals surface area contributed by atoms with E-state index in [1.807, 2.05) is 0 Å². The average Bonchev–Trinajstić information content (AvgIpc) is 4.07. The summed E-state index contributed by atoms with van der Waals surface area (Å²) in [6, 6.07) is 99.8.